The number of anilines is 1. The predicted octanol–water partition coefficient (Wildman–Crippen LogP) is 6.62. The van der Waals surface area contributed by atoms with Gasteiger partial charge in [-0.2, -0.15) is 0 Å². The third-order valence-corrected chi connectivity index (χ3v) is 6.08. The molecule has 0 aliphatic carbocycles. The molecule has 0 radical (unpaired) electrons. The fourth-order valence-corrected chi connectivity index (χ4v) is 3.70. The first-order valence-corrected chi connectivity index (χ1v) is 12.8. The summed E-state index contributed by atoms with van der Waals surface area (Å²) in [7, 11) is 2.05. The van der Waals surface area contributed by atoms with Crippen LogP contribution in [-0.4, -0.2) is 41.6 Å². The molecule has 0 bridgehead atoms. The van der Waals surface area contributed by atoms with Crippen LogP contribution in [0.5, 0.6) is 0 Å². The summed E-state index contributed by atoms with van der Waals surface area (Å²) in [6.45, 7) is 15.0. The van der Waals surface area contributed by atoms with Gasteiger partial charge >= 0.3 is 0 Å². The molecule has 1 aromatic carbocycles. The van der Waals surface area contributed by atoms with Crippen LogP contribution < -0.4 is 10.6 Å². The minimum atomic E-state index is -1.12. The van der Waals surface area contributed by atoms with Gasteiger partial charge in [0.2, 0.25) is 0 Å². The number of alkyl halides is 1. The lowest BCUT2D eigenvalue weighted by Crippen LogP contribution is -2.30. The van der Waals surface area contributed by atoms with E-state index >= 15 is 0 Å². The largest absolute Gasteiger partial charge is 0.379 e. The Balaban J connectivity index is 2.06. The van der Waals surface area contributed by atoms with E-state index in [0.717, 1.165) is 17.8 Å². The number of hydrogen-bond acceptors (Lipinski definition) is 5. The summed E-state index contributed by atoms with van der Waals surface area (Å²) in [5.74, 6) is 0.0628. The summed E-state index contributed by atoms with van der Waals surface area (Å²) in [6, 6.07) is 9.55. The Morgan fingerprint density at radius 1 is 1.19 bits per heavy atom. The van der Waals surface area contributed by atoms with Crippen molar-refractivity contribution >= 4 is 17.8 Å². The number of pyridine rings is 1. The van der Waals surface area contributed by atoms with Crippen LogP contribution in [-0.2, 0) is 0 Å². The molecule has 2 unspecified atom stereocenters. The van der Waals surface area contributed by atoms with Gasteiger partial charge in [-0.1, -0.05) is 32.9 Å². The Kier molecular flexibility index (Phi) is 11.2. The van der Waals surface area contributed by atoms with Gasteiger partial charge in [-0.3, -0.25) is 14.8 Å². The molecule has 1 heterocycles. The van der Waals surface area contributed by atoms with Crippen molar-refractivity contribution < 1.29 is 9.18 Å². The summed E-state index contributed by atoms with van der Waals surface area (Å²) in [5, 5.41) is 6.49. The molecule has 7 heteroatoms. The molecule has 2 N–H and O–H groups in total. The minimum absolute atomic E-state index is 0.0480. The predicted molar refractivity (Wildman–Crippen MR) is 148 cm³/mol. The highest BCUT2D eigenvalue weighted by molar-refractivity contribution is 6.04. The molecule has 196 valence electrons. The second kappa shape index (κ2) is 13.9. The van der Waals surface area contributed by atoms with E-state index < -0.39 is 6.17 Å². The normalized spacial score (nSPS) is 14.7. The van der Waals surface area contributed by atoms with Crippen LogP contribution in [0.25, 0.3) is 0 Å². The number of hydrogen-bond donors (Lipinski definition) is 2. The number of allylic oxidation sites excluding steroid dienone is 1. The van der Waals surface area contributed by atoms with Gasteiger partial charge in [-0.05, 0) is 69.4 Å². The number of aromatic nitrogens is 1. The average Bonchev–Trinajstić information content (AvgIpc) is 2.85. The molecule has 1 aromatic heterocycles. The highest BCUT2D eigenvalue weighted by Gasteiger charge is 2.16. The number of nitrogens with zero attached hydrogens (tertiary/aromatic N) is 3. The number of halogens is 1. The number of benzene rings is 1. The highest BCUT2D eigenvalue weighted by Crippen LogP contribution is 2.23. The summed E-state index contributed by atoms with van der Waals surface area (Å²) in [5.41, 5.74) is 4.26. The fourth-order valence-electron chi connectivity index (χ4n) is 3.70. The van der Waals surface area contributed by atoms with Crippen molar-refractivity contribution in [1.82, 2.24) is 15.2 Å². The molecule has 36 heavy (non-hydrogen) atoms. The molecule has 0 fully saturated rings. The Hall–Kier alpha value is -3.06. The standard InChI is InChI=1S/C29H42FN5O/c1-9-26(30)28-20(5)14-24(17-32-28)29(36)34-25-13-11-12-23(15-25)22(7)33-21(6)16-31-27(19(3)4)18-35(8)10-2/h11-19,21-22,26,33H,9-10H2,1-8H3,(H,34,36)/b27-18+,31-16?/t21?,22-,26?/m0/s1. The van der Waals surface area contributed by atoms with Crippen molar-refractivity contribution in [1.29, 1.82) is 0 Å². The van der Waals surface area contributed by atoms with Crippen LogP contribution in [0.4, 0.5) is 10.1 Å². The van der Waals surface area contributed by atoms with E-state index in [4.69, 9.17) is 4.99 Å². The van der Waals surface area contributed by atoms with Crippen LogP contribution in [0.15, 0.2) is 53.4 Å². The average molecular weight is 496 g/mol. The van der Waals surface area contributed by atoms with E-state index in [2.05, 4.69) is 61.3 Å². The zero-order valence-electron chi connectivity index (χ0n) is 23.0. The molecule has 0 aliphatic heterocycles. The first-order chi connectivity index (χ1) is 17.0. The fraction of sp³-hybridized carbons (Fsp3) is 0.483. The number of aliphatic imine (C=N–C) groups is 1. The molecule has 1 amide bonds. The van der Waals surface area contributed by atoms with Gasteiger partial charge in [0.25, 0.3) is 5.91 Å². The molecule has 0 saturated carbocycles. The molecule has 2 rings (SSSR count). The molecule has 2 aromatic rings. The number of carbonyl (C=O) groups is 1. The number of amides is 1. The molecular formula is C29H42FN5O. The van der Waals surface area contributed by atoms with Gasteiger partial charge in [0.15, 0.2) is 0 Å². The van der Waals surface area contributed by atoms with Crippen LogP contribution in [0.3, 0.4) is 0 Å². The first-order valence-electron chi connectivity index (χ1n) is 12.8. The summed E-state index contributed by atoms with van der Waals surface area (Å²) in [4.78, 5) is 23.8. The first kappa shape index (κ1) is 29.2. The van der Waals surface area contributed by atoms with E-state index in [-0.39, 0.29) is 18.0 Å². The lowest BCUT2D eigenvalue weighted by molar-refractivity contribution is 0.102. The van der Waals surface area contributed by atoms with Crippen molar-refractivity contribution in [3.63, 3.8) is 0 Å². The molecule has 6 nitrogen and oxygen atoms in total. The molecule has 0 saturated heterocycles. The lowest BCUT2D eigenvalue weighted by Gasteiger charge is -2.19. The maximum absolute atomic E-state index is 14.0. The smallest absolute Gasteiger partial charge is 0.257 e. The van der Waals surface area contributed by atoms with E-state index in [9.17, 15) is 9.18 Å². The zero-order valence-corrected chi connectivity index (χ0v) is 23.0. The van der Waals surface area contributed by atoms with Crippen molar-refractivity contribution in [2.24, 2.45) is 10.9 Å². The minimum Gasteiger partial charge on any atom is -0.379 e. The van der Waals surface area contributed by atoms with Crippen molar-refractivity contribution in [2.45, 2.75) is 73.1 Å². The van der Waals surface area contributed by atoms with Crippen LogP contribution >= 0.6 is 0 Å². The second-order valence-corrected chi connectivity index (χ2v) is 9.62. The van der Waals surface area contributed by atoms with Gasteiger partial charge in [0.05, 0.1) is 17.0 Å². The topological polar surface area (TPSA) is 69.6 Å². The van der Waals surface area contributed by atoms with E-state index in [1.54, 1.807) is 19.9 Å². The number of rotatable bonds is 12. The maximum atomic E-state index is 14.0. The molecule has 0 spiro atoms. The summed E-state index contributed by atoms with van der Waals surface area (Å²) in [6.07, 6.45) is 4.71. The van der Waals surface area contributed by atoms with Gasteiger partial charge in [0.1, 0.15) is 6.17 Å². The Morgan fingerprint density at radius 2 is 1.92 bits per heavy atom. The number of carbonyl (C=O) groups excluding carboxylic acids is 1. The third kappa shape index (κ3) is 8.55. The van der Waals surface area contributed by atoms with Gasteiger partial charge in [0, 0.05) is 50.0 Å². The van der Waals surface area contributed by atoms with Crippen molar-refractivity contribution in [2.75, 3.05) is 18.9 Å². The maximum Gasteiger partial charge on any atom is 0.257 e. The van der Waals surface area contributed by atoms with Gasteiger partial charge in [-0.25, -0.2) is 4.39 Å². The third-order valence-electron chi connectivity index (χ3n) is 6.08. The van der Waals surface area contributed by atoms with E-state index in [1.807, 2.05) is 37.5 Å². The Bertz CT molecular complexity index is 1070. The lowest BCUT2D eigenvalue weighted by atomic mass is 10.1. The second-order valence-electron chi connectivity index (χ2n) is 9.62. The zero-order chi connectivity index (χ0) is 26.8. The quantitative estimate of drug-likeness (QED) is 0.325. The van der Waals surface area contributed by atoms with Crippen LogP contribution in [0.1, 0.15) is 87.4 Å². The molecule has 0 aliphatic rings. The van der Waals surface area contributed by atoms with Crippen molar-refractivity contribution in [3.8, 4) is 0 Å². The van der Waals surface area contributed by atoms with Crippen LogP contribution in [0, 0.1) is 12.8 Å². The van der Waals surface area contributed by atoms with Gasteiger partial charge in [-0.15, -0.1) is 0 Å². The highest BCUT2D eigenvalue weighted by atomic mass is 19.1. The summed E-state index contributed by atoms with van der Waals surface area (Å²) >= 11 is 0. The van der Waals surface area contributed by atoms with Crippen LogP contribution in [0.2, 0.25) is 0 Å². The molecule has 3 atom stereocenters. The Morgan fingerprint density at radius 3 is 2.53 bits per heavy atom. The van der Waals surface area contributed by atoms with E-state index in [0.29, 0.717) is 34.8 Å². The SMILES string of the molecule is CCC(F)c1ncc(C(=O)Nc2cccc([C@H](C)NC(C)C=N/C(=C/N(C)CC)C(C)C)c2)cc1C. The Labute approximate surface area is 216 Å². The molecular weight excluding hydrogens is 453 g/mol. The monoisotopic (exact) mass is 495 g/mol. The number of aryl methyl sites for hydroxylation is 1. The summed E-state index contributed by atoms with van der Waals surface area (Å²) < 4.78 is 14.0. The van der Waals surface area contributed by atoms with E-state index in [1.165, 1.54) is 6.20 Å². The van der Waals surface area contributed by atoms with Crippen molar-refractivity contribution in [3.05, 3.63) is 70.8 Å². The van der Waals surface area contributed by atoms with Gasteiger partial charge < -0.3 is 15.5 Å². The number of nitrogens with one attached hydrogen (secondary N) is 2.